The van der Waals surface area contributed by atoms with Gasteiger partial charge in [-0.25, -0.2) is 0 Å². The molecule has 0 bridgehead atoms. The van der Waals surface area contributed by atoms with Gasteiger partial charge in [-0.15, -0.1) is 11.3 Å². The van der Waals surface area contributed by atoms with Gasteiger partial charge in [-0.2, -0.15) is 5.26 Å². The highest BCUT2D eigenvalue weighted by atomic mass is 32.1. The van der Waals surface area contributed by atoms with Crippen molar-refractivity contribution in [3.63, 3.8) is 0 Å². The second-order valence-corrected chi connectivity index (χ2v) is 10.4. The maximum atomic E-state index is 12.9. The molecule has 6 heteroatoms. The van der Waals surface area contributed by atoms with E-state index in [4.69, 9.17) is 10.00 Å². The Bertz CT molecular complexity index is 1200. The first kappa shape index (κ1) is 25.1. The van der Waals surface area contributed by atoms with Crippen molar-refractivity contribution < 1.29 is 9.53 Å². The van der Waals surface area contributed by atoms with E-state index in [0.29, 0.717) is 18.7 Å². The lowest BCUT2D eigenvalue weighted by Crippen LogP contribution is -2.45. The number of nitrogens with one attached hydrogen (secondary N) is 1. The molecule has 1 N–H and O–H groups in total. The van der Waals surface area contributed by atoms with Crippen molar-refractivity contribution in [3.8, 4) is 6.07 Å². The summed E-state index contributed by atoms with van der Waals surface area (Å²) in [5.41, 5.74) is 5.25. The fraction of sp³-hybridized carbons (Fsp3) is 0.379. The molecule has 5 nitrogen and oxygen atoms in total. The highest BCUT2D eigenvalue weighted by Gasteiger charge is 2.42. The lowest BCUT2D eigenvalue weighted by Gasteiger charge is -2.43. The maximum absolute atomic E-state index is 12.9. The summed E-state index contributed by atoms with van der Waals surface area (Å²) in [7, 11) is 0. The van der Waals surface area contributed by atoms with Gasteiger partial charge in [0.2, 0.25) is 0 Å². The molecule has 2 aliphatic rings. The van der Waals surface area contributed by atoms with E-state index < -0.39 is 0 Å². The van der Waals surface area contributed by atoms with E-state index in [1.54, 1.807) is 11.3 Å². The minimum atomic E-state index is -0.269. The summed E-state index contributed by atoms with van der Waals surface area (Å²) < 4.78 is 6.41. The normalized spacial score (nSPS) is 16.7. The average molecular weight is 488 g/mol. The van der Waals surface area contributed by atoms with Gasteiger partial charge in [0.05, 0.1) is 23.1 Å². The summed E-state index contributed by atoms with van der Waals surface area (Å²) >= 11 is 1.61. The number of likely N-dealkylation sites (tertiary alicyclic amines) is 1. The average Bonchev–Trinajstić information content (AvgIpc) is 3.32. The first-order valence-corrected chi connectivity index (χ1v) is 12.7. The Morgan fingerprint density at radius 3 is 2.49 bits per heavy atom. The number of rotatable bonds is 5. The third kappa shape index (κ3) is 5.48. The van der Waals surface area contributed by atoms with Crippen LogP contribution in [-0.2, 0) is 29.8 Å². The van der Waals surface area contributed by atoms with Gasteiger partial charge in [-0.05, 0) is 61.1 Å². The van der Waals surface area contributed by atoms with Gasteiger partial charge in [0.1, 0.15) is 5.60 Å². The third-order valence-corrected chi connectivity index (χ3v) is 8.28. The number of carbonyl (C=O) groups excluding carboxylic acids is 1. The van der Waals surface area contributed by atoms with E-state index >= 15 is 0 Å². The third-order valence-electron chi connectivity index (χ3n) is 6.92. The van der Waals surface area contributed by atoms with Gasteiger partial charge in [0, 0.05) is 31.1 Å². The molecule has 1 fully saturated rings. The number of piperidine rings is 1. The molecule has 0 aliphatic carbocycles. The second-order valence-electron chi connectivity index (χ2n) is 9.31. The predicted octanol–water partition coefficient (Wildman–Crippen LogP) is 5.56. The number of amides is 1. The monoisotopic (exact) mass is 487 g/mol. The molecule has 1 amide bonds. The van der Waals surface area contributed by atoms with Crippen molar-refractivity contribution in [2.45, 2.75) is 52.3 Å². The van der Waals surface area contributed by atoms with Crippen LogP contribution in [-0.4, -0.2) is 30.5 Å². The molecule has 1 saturated heterocycles. The van der Waals surface area contributed by atoms with E-state index in [-0.39, 0.29) is 18.9 Å². The lowest BCUT2D eigenvalue weighted by molar-refractivity contribution is -0.0960. The fourth-order valence-electron chi connectivity index (χ4n) is 4.90. The van der Waals surface area contributed by atoms with E-state index in [1.807, 2.05) is 24.3 Å². The summed E-state index contributed by atoms with van der Waals surface area (Å²) in [6, 6.07) is 20.4. The Morgan fingerprint density at radius 1 is 1.11 bits per heavy atom. The Hall–Kier alpha value is -2.98. The second kappa shape index (κ2) is 10.7. The molecule has 3 heterocycles. The van der Waals surface area contributed by atoms with Gasteiger partial charge in [0.15, 0.2) is 0 Å². The number of carbonyl (C=O) groups is 1. The number of hydrogen-bond acceptors (Lipinski definition) is 5. The fourth-order valence-corrected chi connectivity index (χ4v) is 6.22. The smallest absolute Gasteiger partial charge is 0.261 e. The van der Waals surface area contributed by atoms with E-state index in [1.165, 1.54) is 21.6 Å². The Morgan fingerprint density at radius 2 is 1.80 bits per heavy atom. The van der Waals surface area contributed by atoms with Crippen LogP contribution in [0.3, 0.4) is 0 Å². The van der Waals surface area contributed by atoms with Crippen molar-refractivity contribution >= 4 is 17.2 Å². The number of benzene rings is 2. The molecule has 1 aromatic heterocycles. The number of nitrogens with zero attached hydrogens (tertiary/aromatic N) is 2. The zero-order chi connectivity index (χ0) is 23.5. The Kier molecular flexibility index (Phi) is 7.71. The van der Waals surface area contributed by atoms with Gasteiger partial charge >= 0.3 is 0 Å². The summed E-state index contributed by atoms with van der Waals surface area (Å²) in [6.45, 7) is 6.09. The van der Waals surface area contributed by atoms with Crippen molar-refractivity contribution in [2.75, 3.05) is 19.7 Å². The largest absolute Gasteiger partial charge is 0.369 e. The zero-order valence-electron chi connectivity index (χ0n) is 19.5. The first-order chi connectivity index (χ1) is 16.5. The van der Waals surface area contributed by atoms with Crippen molar-refractivity contribution in [1.82, 2.24) is 10.2 Å². The van der Waals surface area contributed by atoms with Crippen LogP contribution in [0.25, 0.3) is 0 Å². The van der Waals surface area contributed by atoms with Gasteiger partial charge in [-0.1, -0.05) is 49.4 Å². The number of ether oxygens (including phenoxy) is 1. The molecule has 0 radical (unpaired) electrons. The van der Waals surface area contributed by atoms with Crippen LogP contribution in [0.1, 0.15) is 62.6 Å². The molecular formula is C29H33N3O2S. The number of thiophene rings is 1. The number of fused-ring (bicyclic) bond motifs is 2. The Labute approximate surface area is 212 Å². The summed E-state index contributed by atoms with van der Waals surface area (Å²) in [5.74, 6) is -0.00613. The van der Waals surface area contributed by atoms with Gasteiger partial charge in [0.25, 0.3) is 5.91 Å². The minimum Gasteiger partial charge on any atom is -0.369 e. The van der Waals surface area contributed by atoms with E-state index in [2.05, 4.69) is 53.5 Å². The quantitative estimate of drug-likeness (QED) is 0.512. The number of aryl methyl sites for hydroxylation is 1. The van der Waals surface area contributed by atoms with Crippen LogP contribution < -0.4 is 5.32 Å². The molecule has 2 aliphatic heterocycles. The van der Waals surface area contributed by atoms with Crippen molar-refractivity contribution in [1.29, 1.82) is 5.26 Å². The molecule has 2 aromatic carbocycles. The van der Waals surface area contributed by atoms with Crippen LogP contribution in [0.4, 0.5) is 0 Å². The summed E-state index contributed by atoms with van der Waals surface area (Å²) in [6.07, 6.45) is 2.73. The van der Waals surface area contributed by atoms with Crippen LogP contribution in [0.15, 0.2) is 54.6 Å². The molecule has 3 aromatic rings. The van der Waals surface area contributed by atoms with E-state index in [9.17, 15) is 4.79 Å². The summed E-state index contributed by atoms with van der Waals surface area (Å²) in [5, 5.41) is 12.1. The minimum absolute atomic E-state index is 0. The molecule has 5 rings (SSSR count). The van der Waals surface area contributed by atoms with Crippen LogP contribution in [0.5, 0.6) is 0 Å². The van der Waals surface area contributed by atoms with E-state index in [0.717, 1.165) is 49.3 Å². The SMILES string of the molecule is C.Cc1ccc(CNC(=O)c2cc3c(s2)C2(CCN(Cc4ccc(C#N)cc4)CC2)OCC3)cc1. The molecule has 182 valence electrons. The van der Waals surface area contributed by atoms with Crippen LogP contribution in [0, 0.1) is 18.3 Å². The zero-order valence-corrected chi connectivity index (χ0v) is 20.3. The van der Waals surface area contributed by atoms with Crippen LogP contribution >= 0.6 is 11.3 Å². The van der Waals surface area contributed by atoms with Crippen molar-refractivity contribution in [2.24, 2.45) is 0 Å². The van der Waals surface area contributed by atoms with Gasteiger partial charge in [-0.3, -0.25) is 9.69 Å². The topological polar surface area (TPSA) is 65.4 Å². The van der Waals surface area contributed by atoms with Crippen LogP contribution in [0.2, 0.25) is 0 Å². The summed E-state index contributed by atoms with van der Waals surface area (Å²) in [4.78, 5) is 17.4. The molecule has 0 atom stereocenters. The number of hydrogen-bond donors (Lipinski definition) is 1. The standard InChI is InChI=1S/C28H29N3O2S.CH4/c1-20-2-4-22(5-3-20)18-30-27(32)25-16-24-10-15-33-28(26(24)34-25)11-13-31(14-12-28)19-23-8-6-21(17-29)7-9-23;/h2-9,16H,10-15,18-19H2,1H3,(H,30,32);1H4. The molecule has 1 spiro atoms. The van der Waals surface area contributed by atoms with Gasteiger partial charge < -0.3 is 10.1 Å². The Balaban J connectivity index is 0.00000289. The van der Waals surface area contributed by atoms with Crippen molar-refractivity contribution in [3.05, 3.63) is 92.2 Å². The molecule has 0 unspecified atom stereocenters. The maximum Gasteiger partial charge on any atom is 0.261 e. The predicted molar refractivity (Wildman–Crippen MR) is 140 cm³/mol. The molecular weight excluding hydrogens is 454 g/mol. The molecule has 0 saturated carbocycles. The molecule has 35 heavy (non-hydrogen) atoms. The number of nitriles is 1. The highest BCUT2D eigenvalue weighted by molar-refractivity contribution is 7.14. The highest BCUT2D eigenvalue weighted by Crippen LogP contribution is 2.45. The lowest BCUT2D eigenvalue weighted by atomic mass is 9.85. The first-order valence-electron chi connectivity index (χ1n) is 11.9.